The van der Waals surface area contributed by atoms with Crippen molar-refractivity contribution in [3.8, 4) is 0 Å². The van der Waals surface area contributed by atoms with Gasteiger partial charge in [-0.2, -0.15) is 4.31 Å². The van der Waals surface area contributed by atoms with Crippen LogP contribution in [0, 0.1) is 26.7 Å². The Balaban J connectivity index is 1.53. The Bertz CT molecular complexity index is 1260. The van der Waals surface area contributed by atoms with Crippen LogP contribution in [0.4, 0.5) is 5.69 Å². The predicted molar refractivity (Wildman–Crippen MR) is 131 cm³/mol. The summed E-state index contributed by atoms with van der Waals surface area (Å²) >= 11 is 1.54. The molecule has 1 atom stereocenters. The van der Waals surface area contributed by atoms with Crippen LogP contribution < -0.4 is 5.32 Å². The number of hydrogen-bond acceptors (Lipinski definition) is 6. The maximum absolute atomic E-state index is 13.5. The van der Waals surface area contributed by atoms with Gasteiger partial charge in [-0.3, -0.25) is 4.79 Å². The third-order valence-electron chi connectivity index (χ3n) is 5.62. The number of thiophene rings is 1. The number of aryl methyl sites for hydroxylation is 3. The number of hydrogen-bond donors (Lipinski definition) is 1. The number of piperidine rings is 1. The molecule has 0 bridgehead atoms. The van der Waals surface area contributed by atoms with Gasteiger partial charge in [0.15, 0.2) is 10.7 Å². The van der Waals surface area contributed by atoms with Crippen molar-refractivity contribution in [2.24, 2.45) is 5.92 Å². The van der Waals surface area contributed by atoms with Crippen LogP contribution in [0.5, 0.6) is 0 Å². The molecule has 0 saturated carbocycles. The highest BCUT2D eigenvalue weighted by Crippen LogP contribution is 2.30. The summed E-state index contributed by atoms with van der Waals surface area (Å²) in [6.45, 7) is 6.05. The van der Waals surface area contributed by atoms with Crippen LogP contribution in [0.15, 0.2) is 45.1 Å². The van der Waals surface area contributed by atoms with Gasteiger partial charge in [-0.25, -0.2) is 8.42 Å². The molecular formula is C24H27N3O4S2. The SMILES string of the molecule is Cc1cc(C)cc(NC(=O)[C@@H]2CCCN(S(=O)(=O)c3c(C)noc3/C=C/c3cccs3)C2)c1. The molecule has 1 N–H and O–H groups in total. The maximum atomic E-state index is 13.5. The van der Waals surface area contributed by atoms with Crippen molar-refractivity contribution < 1.29 is 17.7 Å². The van der Waals surface area contributed by atoms with E-state index < -0.39 is 15.9 Å². The largest absolute Gasteiger partial charge is 0.355 e. The molecule has 7 nitrogen and oxygen atoms in total. The average molecular weight is 486 g/mol. The van der Waals surface area contributed by atoms with Crippen molar-refractivity contribution in [1.82, 2.24) is 9.46 Å². The number of amides is 1. The van der Waals surface area contributed by atoms with Crippen molar-refractivity contribution in [1.29, 1.82) is 0 Å². The number of carbonyl (C=O) groups excluding carboxylic acids is 1. The first-order chi connectivity index (χ1) is 15.7. The van der Waals surface area contributed by atoms with Crippen molar-refractivity contribution in [2.75, 3.05) is 18.4 Å². The second-order valence-electron chi connectivity index (χ2n) is 8.38. The topological polar surface area (TPSA) is 92.5 Å². The van der Waals surface area contributed by atoms with Crippen LogP contribution in [0.3, 0.4) is 0 Å². The molecule has 0 radical (unpaired) electrons. The maximum Gasteiger partial charge on any atom is 0.248 e. The fourth-order valence-corrected chi connectivity index (χ4v) is 6.53. The molecule has 4 rings (SSSR count). The molecule has 1 aromatic carbocycles. The lowest BCUT2D eigenvalue weighted by molar-refractivity contribution is -0.120. The summed E-state index contributed by atoms with van der Waals surface area (Å²) in [5.74, 6) is -0.401. The minimum absolute atomic E-state index is 0.0608. The van der Waals surface area contributed by atoms with Crippen molar-refractivity contribution in [3.63, 3.8) is 0 Å². The van der Waals surface area contributed by atoms with Gasteiger partial charge in [-0.1, -0.05) is 17.3 Å². The first-order valence-corrected chi connectivity index (χ1v) is 13.1. The number of carbonyl (C=O) groups is 1. The summed E-state index contributed by atoms with van der Waals surface area (Å²) in [5, 5.41) is 8.80. The van der Waals surface area contributed by atoms with Crippen LogP contribution in [-0.4, -0.2) is 36.9 Å². The van der Waals surface area contributed by atoms with E-state index in [1.165, 1.54) is 4.31 Å². The standard InChI is InChI=1S/C24H27N3O4S2/c1-16-12-17(2)14-20(13-16)25-24(28)19-6-4-10-27(15-19)33(29,30)23-18(3)26-31-22(23)9-8-21-7-5-11-32-21/h5,7-9,11-14,19H,4,6,10,15H2,1-3H3,(H,25,28)/b9-8+/t19-/m1/s1. The van der Waals surface area contributed by atoms with Crippen LogP contribution in [0.2, 0.25) is 0 Å². The van der Waals surface area contributed by atoms with Gasteiger partial charge >= 0.3 is 0 Å². The Kier molecular flexibility index (Phi) is 6.83. The van der Waals surface area contributed by atoms with Crippen LogP contribution in [-0.2, 0) is 14.8 Å². The molecule has 0 unspecified atom stereocenters. The fourth-order valence-electron chi connectivity index (χ4n) is 4.14. The van der Waals surface area contributed by atoms with E-state index in [9.17, 15) is 13.2 Å². The monoisotopic (exact) mass is 485 g/mol. The molecule has 9 heteroatoms. The molecule has 3 heterocycles. The Labute approximate surface area is 198 Å². The Morgan fingerprint density at radius 1 is 1.21 bits per heavy atom. The number of anilines is 1. The number of nitrogens with one attached hydrogen (secondary N) is 1. The molecule has 174 valence electrons. The van der Waals surface area contributed by atoms with Gasteiger partial charge in [-0.15, -0.1) is 11.3 Å². The number of nitrogens with zero attached hydrogens (tertiary/aromatic N) is 2. The van der Waals surface area contributed by atoms with Gasteiger partial charge in [0, 0.05) is 23.7 Å². The van der Waals surface area contributed by atoms with Gasteiger partial charge in [0.05, 0.1) is 5.92 Å². The molecule has 0 spiro atoms. The molecule has 2 aromatic heterocycles. The van der Waals surface area contributed by atoms with E-state index in [2.05, 4.69) is 10.5 Å². The second kappa shape index (κ2) is 9.62. The molecule has 3 aromatic rings. The molecule has 1 aliphatic heterocycles. The van der Waals surface area contributed by atoms with E-state index in [1.807, 2.05) is 49.6 Å². The highest BCUT2D eigenvalue weighted by atomic mass is 32.2. The lowest BCUT2D eigenvalue weighted by atomic mass is 9.98. The molecule has 1 saturated heterocycles. The molecule has 33 heavy (non-hydrogen) atoms. The summed E-state index contributed by atoms with van der Waals surface area (Å²) in [5.41, 5.74) is 3.16. The van der Waals surface area contributed by atoms with Crippen molar-refractivity contribution in [3.05, 3.63) is 63.2 Å². The number of aromatic nitrogens is 1. The Hall–Kier alpha value is -2.75. The highest BCUT2D eigenvalue weighted by molar-refractivity contribution is 7.89. The first kappa shape index (κ1) is 23.4. The zero-order valence-corrected chi connectivity index (χ0v) is 20.5. The zero-order valence-electron chi connectivity index (χ0n) is 18.9. The quantitative estimate of drug-likeness (QED) is 0.538. The van der Waals surface area contributed by atoms with E-state index in [0.29, 0.717) is 25.1 Å². The highest BCUT2D eigenvalue weighted by Gasteiger charge is 2.37. The van der Waals surface area contributed by atoms with E-state index >= 15 is 0 Å². The minimum Gasteiger partial charge on any atom is -0.355 e. The number of rotatable bonds is 6. The lowest BCUT2D eigenvalue weighted by Crippen LogP contribution is -2.43. The zero-order chi connectivity index (χ0) is 23.6. The summed E-state index contributed by atoms with van der Waals surface area (Å²) in [6.07, 6.45) is 4.68. The lowest BCUT2D eigenvalue weighted by Gasteiger charge is -2.31. The fraction of sp³-hybridized carbons (Fsp3) is 0.333. The van der Waals surface area contributed by atoms with Crippen molar-refractivity contribution >= 4 is 45.1 Å². The van der Waals surface area contributed by atoms with Gasteiger partial charge in [0.25, 0.3) is 0 Å². The molecule has 0 aliphatic carbocycles. The second-order valence-corrected chi connectivity index (χ2v) is 11.2. The van der Waals surface area contributed by atoms with Crippen LogP contribution in [0.25, 0.3) is 12.2 Å². The molecule has 1 aliphatic rings. The van der Waals surface area contributed by atoms with Crippen LogP contribution in [0.1, 0.15) is 40.3 Å². The third-order valence-corrected chi connectivity index (χ3v) is 8.48. The van der Waals surface area contributed by atoms with E-state index in [0.717, 1.165) is 21.7 Å². The Morgan fingerprint density at radius 2 is 1.97 bits per heavy atom. The number of benzene rings is 1. The average Bonchev–Trinajstić information content (AvgIpc) is 3.41. The van der Waals surface area contributed by atoms with E-state index in [-0.39, 0.29) is 23.1 Å². The Morgan fingerprint density at radius 3 is 2.67 bits per heavy atom. The van der Waals surface area contributed by atoms with Gasteiger partial charge in [-0.05, 0) is 80.5 Å². The summed E-state index contributed by atoms with van der Waals surface area (Å²) in [6, 6.07) is 9.72. The van der Waals surface area contributed by atoms with E-state index in [4.69, 9.17) is 4.52 Å². The molecule has 1 amide bonds. The van der Waals surface area contributed by atoms with Crippen molar-refractivity contribution in [2.45, 2.75) is 38.5 Å². The molecular weight excluding hydrogens is 458 g/mol. The predicted octanol–water partition coefficient (Wildman–Crippen LogP) is 4.87. The first-order valence-electron chi connectivity index (χ1n) is 10.8. The van der Waals surface area contributed by atoms with Gasteiger partial charge < -0.3 is 9.84 Å². The minimum atomic E-state index is -3.87. The van der Waals surface area contributed by atoms with Gasteiger partial charge in [0.1, 0.15) is 5.69 Å². The summed E-state index contributed by atoms with van der Waals surface area (Å²) in [4.78, 5) is 14.0. The van der Waals surface area contributed by atoms with Gasteiger partial charge in [0.2, 0.25) is 15.9 Å². The molecule has 1 fully saturated rings. The van der Waals surface area contributed by atoms with E-state index in [1.54, 1.807) is 30.4 Å². The smallest absolute Gasteiger partial charge is 0.248 e. The number of sulfonamides is 1. The summed E-state index contributed by atoms with van der Waals surface area (Å²) < 4.78 is 33.8. The summed E-state index contributed by atoms with van der Waals surface area (Å²) in [7, 11) is -3.87. The van der Waals surface area contributed by atoms with Crippen LogP contribution >= 0.6 is 11.3 Å². The third kappa shape index (κ3) is 5.26. The normalized spacial score (nSPS) is 17.5.